The lowest BCUT2D eigenvalue weighted by Crippen LogP contribution is -2.15. The van der Waals surface area contributed by atoms with Gasteiger partial charge in [-0.15, -0.1) is 0 Å². The van der Waals surface area contributed by atoms with Gasteiger partial charge in [0.15, 0.2) is 0 Å². The molecule has 3 nitrogen and oxygen atoms in total. The van der Waals surface area contributed by atoms with E-state index in [-0.39, 0.29) is 5.91 Å². The van der Waals surface area contributed by atoms with Crippen LogP contribution in [0.25, 0.3) is 0 Å². The van der Waals surface area contributed by atoms with E-state index < -0.39 is 0 Å². The van der Waals surface area contributed by atoms with Crippen molar-refractivity contribution in [3.8, 4) is 6.07 Å². The maximum Gasteiger partial charge on any atom is 0.256 e. The van der Waals surface area contributed by atoms with Gasteiger partial charge in [0.25, 0.3) is 5.91 Å². The van der Waals surface area contributed by atoms with Gasteiger partial charge in [-0.1, -0.05) is 29.8 Å². The van der Waals surface area contributed by atoms with Gasteiger partial charge in [-0.05, 0) is 43.2 Å². The summed E-state index contributed by atoms with van der Waals surface area (Å²) in [5.41, 5.74) is 3.32. The van der Waals surface area contributed by atoms with Crippen LogP contribution in [0.2, 0.25) is 5.02 Å². The molecule has 2 aromatic carbocycles. The number of hydrogen-bond acceptors (Lipinski definition) is 2. The molecule has 2 rings (SSSR count). The number of carbonyl (C=O) groups is 1. The normalized spacial score (nSPS) is 9.90. The number of halogens is 1. The van der Waals surface area contributed by atoms with Crippen molar-refractivity contribution in [1.29, 1.82) is 5.26 Å². The molecule has 1 amide bonds. The predicted molar refractivity (Wildman–Crippen MR) is 80.0 cm³/mol. The predicted octanol–water partition coefficient (Wildman–Crippen LogP) is 4.08. The van der Waals surface area contributed by atoms with Crippen LogP contribution in [0, 0.1) is 25.2 Å². The Kier molecular flexibility index (Phi) is 4.07. The summed E-state index contributed by atoms with van der Waals surface area (Å²) in [7, 11) is 0. The molecule has 20 heavy (non-hydrogen) atoms. The molecule has 0 bridgehead atoms. The molecule has 4 heteroatoms. The second-order valence-electron chi connectivity index (χ2n) is 4.53. The average molecular weight is 285 g/mol. The smallest absolute Gasteiger partial charge is 0.256 e. The van der Waals surface area contributed by atoms with Crippen molar-refractivity contribution in [1.82, 2.24) is 0 Å². The molecule has 0 unspecified atom stereocenters. The summed E-state index contributed by atoms with van der Waals surface area (Å²) >= 11 is 6.04. The number of aryl methyl sites for hydroxylation is 2. The molecule has 0 saturated heterocycles. The van der Waals surface area contributed by atoms with Gasteiger partial charge < -0.3 is 5.32 Å². The van der Waals surface area contributed by atoms with Gasteiger partial charge in [-0.25, -0.2) is 0 Å². The molecule has 100 valence electrons. The van der Waals surface area contributed by atoms with E-state index in [2.05, 4.69) is 5.32 Å². The molecule has 1 N–H and O–H groups in total. The van der Waals surface area contributed by atoms with Gasteiger partial charge in [-0.2, -0.15) is 5.26 Å². The van der Waals surface area contributed by atoms with Crippen LogP contribution in [0.15, 0.2) is 36.4 Å². The first-order valence-corrected chi connectivity index (χ1v) is 6.48. The molecule has 0 aliphatic heterocycles. The number of nitrogens with zero attached hydrogens (tertiary/aromatic N) is 1. The Bertz CT molecular complexity index is 697. The first kappa shape index (κ1) is 14.1. The molecule has 0 spiro atoms. The third kappa shape index (κ3) is 2.81. The molecule has 0 aliphatic carbocycles. The fourth-order valence-electron chi connectivity index (χ4n) is 2.05. The highest BCUT2D eigenvalue weighted by atomic mass is 35.5. The second kappa shape index (κ2) is 5.77. The number of nitriles is 1. The summed E-state index contributed by atoms with van der Waals surface area (Å²) in [5, 5.41) is 12.1. The molecule has 2 aromatic rings. The molecule has 0 aliphatic rings. The molecule has 0 aromatic heterocycles. The largest absolute Gasteiger partial charge is 0.321 e. The van der Waals surface area contributed by atoms with E-state index in [1.165, 1.54) is 0 Å². The van der Waals surface area contributed by atoms with Gasteiger partial charge in [0.2, 0.25) is 0 Å². The molecule has 0 saturated carbocycles. The highest BCUT2D eigenvalue weighted by Crippen LogP contribution is 2.24. The maximum absolute atomic E-state index is 12.4. The van der Waals surface area contributed by atoms with E-state index in [9.17, 15) is 4.79 Å². The monoisotopic (exact) mass is 284 g/mol. The van der Waals surface area contributed by atoms with Crippen LogP contribution in [0.4, 0.5) is 5.69 Å². The summed E-state index contributed by atoms with van der Waals surface area (Å²) in [4.78, 5) is 12.4. The van der Waals surface area contributed by atoms with Crippen molar-refractivity contribution in [2.75, 3.05) is 5.32 Å². The summed E-state index contributed by atoms with van der Waals surface area (Å²) in [6.45, 7) is 3.77. The highest BCUT2D eigenvalue weighted by Gasteiger charge is 2.13. The number of nitrogens with one attached hydrogen (secondary N) is 1. The zero-order valence-corrected chi connectivity index (χ0v) is 12.0. The number of carbonyl (C=O) groups excluding carboxylic acids is 1. The van der Waals surface area contributed by atoms with E-state index in [0.717, 1.165) is 11.1 Å². The molecule has 0 atom stereocenters. The molecule has 0 heterocycles. The van der Waals surface area contributed by atoms with Crippen LogP contribution in [0.3, 0.4) is 0 Å². The number of benzene rings is 2. The van der Waals surface area contributed by atoms with Crippen LogP contribution in [-0.4, -0.2) is 5.91 Å². The minimum absolute atomic E-state index is 0.224. The zero-order chi connectivity index (χ0) is 14.7. The van der Waals surface area contributed by atoms with Crippen LogP contribution in [0.1, 0.15) is 27.0 Å². The van der Waals surface area contributed by atoms with Crippen LogP contribution < -0.4 is 5.32 Å². The molecular formula is C16H13ClN2O. The summed E-state index contributed by atoms with van der Waals surface area (Å²) < 4.78 is 0. The molecule has 0 fully saturated rings. The van der Waals surface area contributed by atoms with E-state index in [1.807, 2.05) is 38.1 Å². The van der Waals surface area contributed by atoms with Crippen LogP contribution in [-0.2, 0) is 0 Å². The van der Waals surface area contributed by atoms with E-state index in [1.54, 1.807) is 18.2 Å². The van der Waals surface area contributed by atoms with Gasteiger partial charge in [0.1, 0.15) is 0 Å². The Morgan fingerprint density at radius 3 is 2.45 bits per heavy atom. The number of amides is 1. The van der Waals surface area contributed by atoms with Crippen LogP contribution in [0.5, 0.6) is 0 Å². The Morgan fingerprint density at radius 2 is 1.85 bits per heavy atom. The topological polar surface area (TPSA) is 52.9 Å². The second-order valence-corrected chi connectivity index (χ2v) is 4.93. The molecule has 0 radical (unpaired) electrons. The van der Waals surface area contributed by atoms with Crippen molar-refractivity contribution in [3.63, 3.8) is 0 Å². The Morgan fingerprint density at radius 1 is 1.20 bits per heavy atom. The summed E-state index contributed by atoms with van der Waals surface area (Å²) in [6, 6.07) is 12.5. The lowest BCUT2D eigenvalue weighted by Gasteiger charge is -2.11. The number of hydrogen-bond donors (Lipinski definition) is 1. The Balaban J connectivity index is 2.36. The van der Waals surface area contributed by atoms with Crippen molar-refractivity contribution in [2.24, 2.45) is 0 Å². The SMILES string of the molecule is Cc1cccc(C)c1C(=O)Nc1cc(C#N)ccc1Cl. The zero-order valence-electron chi connectivity index (χ0n) is 11.2. The van der Waals surface area contributed by atoms with E-state index >= 15 is 0 Å². The van der Waals surface area contributed by atoms with Crippen molar-refractivity contribution >= 4 is 23.2 Å². The third-order valence-electron chi connectivity index (χ3n) is 3.05. The fourth-order valence-corrected chi connectivity index (χ4v) is 2.21. The summed E-state index contributed by atoms with van der Waals surface area (Å²) in [6.07, 6.45) is 0. The quantitative estimate of drug-likeness (QED) is 0.903. The first-order chi connectivity index (χ1) is 9.52. The van der Waals surface area contributed by atoms with Gasteiger partial charge >= 0.3 is 0 Å². The number of rotatable bonds is 2. The van der Waals surface area contributed by atoms with Gasteiger partial charge in [-0.3, -0.25) is 4.79 Å². The minimum Gasteiger partial charge on any atom is -0.321 e. The lowest BCUT2D eigenvalue weighted by atomic mass is 10.0. The van der Waals surface area contributed by atoms with Gasteiger partial charge in [0.05, 0.1) is 22.3 Å². The van der Waals surface area contributed by atoms with E-state index in [0.29, 0.717) is 21.8 Å². The van der Waals surface area contributed by atoms with E-state index in [4.69, 9.17) is 16.9 Å². The van der Waals surface area contributed by atoms with Crippen molar-refractivity contribution in [3.05, 3.63) is 63.7 Å². The summed E-state index contributed by atoms with van der Waals surface area (Å²) in [5.74, 6) is -0.224. The third-order valence-corrected chi connectivity index (χ3v) is 3.38. The first-order valence-electron chi connectivity index (χ1n) is 6.10. The number of anilines is 1. The lowest BCUT2D eigenvalue weighted by molar-refractivity contribution is 0.102. The fraction of sp³-hybridized carbons (Fsp3) is 0.125. The average Bonchev–Trinajstić information content (AvgIpc) is 2.41. The van der Waals surface area contributed by atoms with Crippen molar-refractivity contribution in [2.45, 2.75) is 13.8 Å². The Hall–Kier alpha value is -2.31. The highest BCUT2D eigenvalue weighted by molar-refractivity contribution is 6.34. The Labute approximate surface area is 122 Å². The standard InChI is InChI=1S/C16H13ClN2O/c1-10-4-3-5-11(2)15(10)16(20)19-14-8-12(9-18)6-7-13(14)17/h3-8H,1-2H3,(H,19,20). The van der Waals surface area contributed by atoms with Crippen molar-refractivity contribution < 1.29 is 4.79 Å². The maximum atomic E-state index is 12.4. The molecular weight excluding hydrogens is 272 g/mol. The van der Waals surface area contributed by atoms with Gasteiger partial charge in [0, 0.05) is 5.56 Å². The minimum atomic E-state index is -0.224. The van der Waals surface area contributed by atoms with Crippen LogP contribution >= 0.6 is 11.6 Å².